The van der Waals surface area contributed by atoms with Gasteiger partial charge in [0.25, 0.3) is 5.91 Å². The molecule has 1 amide bonds. The Morgan fingerprint density at radius 3 is 2.40 bits per heavy atom. The monoisotopic (exact) mass is 70.0 g/mol. The second kappa shape index (κ2) is 0.544. The predicted molar refractivity (Wildman–Crippen MR) is 16.6 cm³/mol. The minimum absolute atomic E-state index is 0.106. The van der Waals surface area contributed by atoms with Crippen molar-refractivity contribution < 1.29 is 4.79 Å². The van der Waals surface area contributed by atoms with Crippen molar-refractivity contribution in [2.75, 3.05) is 0 Å². The standard InChI is InChI=1S/C2H2N2O/c5-2-1-3-4-2/h1H,(H,4,5). The summed E-state index contributed by atoms with van der Waals surface area (Å²) in [6.45, 7) is 0. The minimum Gasteiger partial charge on any atom is -0.266 e. The van der Waals surface area contributed by atoms with Gasteiger partial charge in [-0.15, -0.1) is 0 Å². The summed E-state index contributed by atoms with van der Waals surface area (Å²) in [7, 11) is 0. The maximum Gasteiger partial charge on any atom is 0.284 e. The summed E-state index contributed by atoms with van der Waals surface area (Å²) < 4.78 is 0. The van der Waals surface area contributed by atoms with Crippen LogP contribution in [0.25, 0.3) is 0 Å². The number of nitrogens with one attached hydrogen (secondary N) is 1. The van der Waals surface area contributed by atoms with Crippen molar-refractivity contribution in [2.45, 2.75) is 0 Å². The number of hydrogen-bond acceptors (Lipinski definition) is 2. The molecule has 0 aromatic rings. The van der Waals surface area contributed by atoms with Gasteiger partial charge in [-0.25, -0.2) is 5.43 Å². The topological polar surface area (TPSA) is 41.5 Å². The normalized spacial score (nSPS) is 17.2. The number of hydrogen-bond donors (Lipinski definition) is 1. The van der Waals surface area contributed by atoms with E-state index in [2.05, 4.69) is 10.5 Å². The van der Waals surface area contributed by atoms with E-state index in [0.717, 1.165) is 0 Å². The highest BCUT2D eigenvalue weighted by molar-refractivity contribution is 6.30. The van der Waals surface area contributed by atoms with Gasteiger partial charge < -0.3 is 0 Å². The number of nitrogens with zero attached hydrogens (tertiary/aromatic N) is 1. The van der Waals surface area contributed by atoms with Crippen molar-refractivity contribution >= 4 is 12.1 Å². The second-order valence-corrected chi connectivity index (χ2v) is 0.734. The Hall–Kier alpha value is -0.860. The Bertz CT molecular complexity index is 85.6. The lowest BCUT2D eigenvalue weighted by molar-refractivity contribution is -0.115. The fourth-order valence-corrected chi connectivity index (χ4v) is 0.117. The van der Waals surface area contributed by atoms with Gasteiger partial charge in [-0.3, -0.25) is 4.79 Å². The molecule has 5 heavy (non-hydrogen) atoms. The van der Waals surface area contributed by atoms with E-state index in [1.165, 1.54) is 6.21 Å². The lowest BCUT2D eigenvalue weighted by Gasteiger charge is -1.96. The Morgan fingerprint density at radius 1 is 2.00 bits per heavy atom. The summed E-state index contributed by atoms with van der Waals surface area (Å²) in [5.74, 6) is -0.106. The van der Waals surface area contributed by atoms with Crippen LogP contribution in [0.5, 0.6) is 0 Å². The van der Waals surface area contributed by atoms with E-state index in [1.807, 2.05) is 0 Å². The van der Waals surface area contributed by atoms with Crippen molar-refractivity contribution in [3.8, 4) is 0 Å². The molecule has 1 N–H and O–H groups in total. The first-order valence-electron chi connectivity index (χ1n) is 1.22. The molecule has 0 bridgehead atoms. The number of amides is 1. The summed E-state index contributed by atoms with van der Waals surface area (Å²) in [4.78, 5) is 9.64. The van der Waals surface area contributed by atoms with Crippen LogP contribution in [0.1, 0.15) is 0 Å². The molecule has 0 aromatic carbocycles. The highest BCUT2D eigenvalue weighted by Crippen LogP contribution is 1.68. The maximum atomic E-state index is 9.64. The third-order valence-electron chi connectivity index (χ3n) is 0.357. The molecule has 0 unspecified atom stereocenters. The molecule has 0 radical (unpaired) electrons. The van der Waals surface area contributed by atoms with Crippen LogP contribution in [0.2, 0.25) is 0 Å². The molecule has 1 aliphatic heterocycles. The average Bonchev–Trinajstić information content (AvgIpc) is 1.30. The molecule has 1 rings (SSSR count). The van der Waals surface area contributed by atoms with Crippen LogP contribution in [0, 0.1) is 0 Å². The number of carbonyl (C=O) groups excluding carboxylic acids is 1. The lowest BCUT2D eigenvalue weighted by atomic mass is 10.6. The van der Waals surface area contributed by atoms with Crippen LogP contribution in [0.4, 0.5) is 0 Å². The Labute approximate surface area is 28.7 Å². The van der Waals surface area contributed by atoms with Gasteiger partial charge in [0, 0.05) is 0 Å². The van der Waals surface area contributed by atoms with Crippen LogP contribution in [-0.4, -0.2) is 12.1 Å². The predicted octanol–water partition coefficient (Wildman–Crippen LogP) is -0.898. The largest absolute Gasteiger partial charge is 0.284 e. The lowest BCUT2D eigenvalue weighted by Crippen LogP contribution is -2.28. The van der Waals surface area contributed by atoms with Gasteiger partial charge >= 0.3 is 0 Å². The Balaban J connectivity index is 2.71. The molecule has 1 aliphatic rings. The van der Waals surface area contributed by atoms with Gasteiger partial charge in [-0.2, -0.15) is 5.10 Å². The van der Waals surface area contributed by atoms with Crippen molar-refractivity contribution in [3.05, 3.63) is 0 Å². The van der Waals surface area contributed by atoms with Crippen molar-refractivity contribution in [2.24, 2.45) is 5.10 Å². The molecule has 0 saturated heterocycles. The molecule has 3 heteroatoms. The fraction of sp³-hybridized carbons (Fsp3) is 0. The van der Waals surface area contributed by atoms with E-state index < -0.39 is 0 Å². The molecule has 0 spiro atoms. The molecule has 0 fully saturated rings. The van der Waals surface area contributed by atoms with Crippen LogP contribution in [-0.2, 0) is 4.79 Å². The van der Waals surface area contributed by atoms with Gasteiger partial charge in [0.05, 0.1) is 0 Å². The van der Waals surface area contributed by atoms with E-state index in [-0.39, 0.29) is 5.91 Å². The average molecular weight is 70.1 g/mol. The Kier molecular flexibility index (Phi) is 0.259. The molecule has 0 aliphatic carbocycles. The van der Waals surface area contributed by atoms with Gasteiger partial charge in [-0.1, -0.05) is 0 Å². The zero-order valence-electron chi connectivity index (χ0n) is 2.43. The molecular weight excluding hydrogens is 68.0 g/mol. The highest BCUT2D eigenvalue weighted by atomic mass is 16.2. The number of rotatable bonds is 0. The maximum absolute atomic E-state index is 9.64. The summed E-state index contributed by atoms with van der Waals surface area (Å²) in [6.07, 6.45) is 1.22. The van der Waals surface area contributed by atoms with Crippen LogP contribution < -0.4 is 5.43 Å². The zero-order valence-corrected chi connectivity index (χ0v) is 2.43. The van der Waals surface area contributed by atoms with Crippen LogP contribution in [0.15, 0.2) is 5.10 Å². The SMILES string of the molecule is O=C1C=NN1. The molecule has 0 atom stereocenters. The van der Waals surface area contributed by atoms with Gasteiger partial charge in [0.2, 0.25) is 0 Å². The minimum atomic E-state index is -0.106. The summed E-state index contributed by atoms with van der Waals surface area (Å²) in [6, 6.07) is 0. The fourth-order valence-electron chi connectivity index (χ4n) is 0.117. The first-order valence-corrected chi connectivity index (χ1v) is 1.22. The molecule has 0 saturated carbocycles. The van der Waals surface area contributed by atoms with Crippen molar-refractivity contribution in [3.63, 3.8) is 0 Å². The highest BCUT2D eigenvalue weighted by Gasteiger charge is 1.98. The van der Waals surface area contributed by atoms with E-state index in [9.17, 15) is 4.79 Å². The van der Waals surface area contributed by atoms with E-state index in [1.54, 1.807) is 0 Å². The second-order valence-electron chi connectivity index (χ2n) is 0.734. The van der Waals surface area contributed by atoms with Gasteiger partial charge in [-0.05, 0) is 0 Å². The number of carbonyl (C=O) groups is 1. The number of hydrazone groups is 1. The van der Waals surface area contributed by atoms with E-state index in [4.69, 9.17) is 0 Å². The van der Waals surface area contributed by atoms with Gasteiger partial charge in [0.15, 0.2) is 0 Å². The van der Waals surface area contributed by atoms with E-state index >= 15 is 0 Å². The molecule has 3 nitrogen and oxygen atoms in total. The zero-order chi connectivity index (χ0) is 3.70. The van der Waals surface area contributed by atoms with Crippen molar-refractivity contribution in [1.29, 1.82) is 0 Å². The summed E-state index contributed by atoms with van der Waals surface area (Å²) >= 11 is 0. The molecule has 26 valence electrons. The summed E-state index contributed by atoms with van der Waals surface area (Å²) in [5.41, 5.74) is 2.14. The van der Waals surface area contributed by atoms with E-state index in [0.29, 0.717) is 0 Å². The quantitative estimate of drug-likeness (QED) is 0.394. The first-order chi connectivity index (χ1) is 2.39. The molecule has 1 heterocycles. The molecular formula is C2H2N2O. The van der Waals surface area contributed by atoms with Gasteiger partial charge in [0.1, 0.15) is 6.21 Å². The van der Waals surface area contributed by atoms with Crippen molar-refractivity contribution in [1.82, 2.24) is 5.43 Å². The first kappa shape index (κ1) is 2.38. The third-order valence-corrected chi connectivity index (χ3v) is 0.357. The van der Waals surface area contributed by atoms with Crippen LogP contribution >= 0.6 is 0 Å². The Morgan fingerprint density at radius 2 is 2.40 bits per heavy atom. The van der Waals surface area contributed by atoms with Crippen LogP contribution in [0.3, 0.4) is 0 Å². The summed E-state index contributed by atoms with van der Waals surface area (Å²) in [5, 5.41) is 3.27. The molecule has 0 aromatic heterocycles. The smallest absolute Gasteiger partial charge is 0.266 e. The third kappa shape index (κ3) is 0.154.